The maximum atomic E-state index is 5.80. The molecule has 2 heteroatoms. The summed E-state index contributed by atoms with van der Waals surface area (Å²) in [5, 5.41) is 0. The molecule has 0 aromatic heterocycles. The van der Waals surface area contributed by atoms with E-state index in [-0.39, 0.29) is 5.54 Å². The highest BCUT2D eigenvalue weighted by Crippen LogP contribution is 2.30. The molecule has 2 aromatic carbocycles. The molecule has 0 atom stereocenters. The van der Waals surface area contributed by atoms with Gasteiger partial charge in [0.25, 0.3) is 0 Å². The van der Waals surface area contributed by atoms with Gasteiger partial charge in [-0.3, -0.25) is 4.99 Å². The number of hydrogen-bond acceptors (Lipinski definition) is 2. The summed E-state index contributed by atoms with van der Waals surface area (Å²) in [5.74, 6) is 0.958. The highest BCUT2D eigenvalue weighted by molar-refractivity contribution is 6.12. The van der Waals surface area contributed by atoms with E-state index < -0.39 is 0 Å². The Bertz CT molecular complexity index is 757. The Morgan fingerprint density at radius 1 is 1.08 bits per heavy atom. The maximum Gasteiger partial charge on any atom is 0.119 e. The third kappa shape index (κ3) is 3.94. The van der Waals surface area contributed by atoms with Gasteiger partial charge in [-0.1, -0.05) is 43.3 Å². The molecule has 1 heterocycles. The first-order valence-electron chi connectivity index (χ1n) is 8.66. The molecule has 0 spiro atoms. The number of aliphatic imine (C=N–C) groups is 1. The average Bonchev–Trinajstić information content (AvgIpc) is 2.57. The van der Waals surface area contributed by atoms with Crippen molar-refractivity contribution in [3.05, 3.63) is 71.3 Å². The SMILES string of the molecule is CCCOc1ccc2c(c1)CC(C)(C)N=C2C=Cc1ccccc1. The predicted octanol–water partition coefficient (Wildman–Crippen LogP) is 5.31. The molecule has 0 N–H and O–H groups in total. The molecule has 0 radical (unpaired) electrons. The molecule has 2 nitrogen and oxygen atoms in total. The number of hydrogen-bond donors (Lipinski definition) is 0. The second-order valence-electron chi connectivity index (χ2n) is 6.90. The molecule has 24 heavy (non-hydrogen) atoms. The van der Waals surface area contributed by atoms with Gasteiger partial charge in [0.1, 0.15) is 5.75 Å². The van der Waals surface area contributed by atoms with E-state index in [9.17, 15) is 0 Å². The molecular weight excluding hydrogens is 294 g/mol. The van der Waals surface area contributed by atoms with Gasteiger partial charge < -0.3 is 4.74 Å². The van der Waals surface area contributed by atoms with E-state index in [1.165, 1.54) is 16.7 Å². The van der Waals surface area contributed by atoms with Crippen molar-refractivity contribution in [3.63, 3.8) is 0 Å². The highest BCUT2D eigenvalue weighted by Gasteiger charge is 2.26. The van der Waals surface area contributed by atoms with Crippen LogP contribution >= 0.6 is 0 Å². The fraction of sp³-hybridized carbons (Fsp3) is 0.318. The Labute approximate surface area is 144 Å². The average molecular weight is 319 g/mol. The number of fused-ring (bicyclic) bond motifs is 1. The van der Waals surface area contributed by atoms with Crippen molar-refractivity contribution in [3.8, 4) is 5.75 Å². The summed E-state index contributed by atoms with van der Waals surface area (Å²) in [6.07, 6.45) is 6.22. The van der Waals surface area contributed by atoms with Gasteiger partial charge in [0.15, 0.2) is 0 Å². The first-order valence-corrected chi connectivity index (χ1v) is 8.66. The summed E-state index contributed by atoms with van der Waals surface area (Å²) >= 11 is 0. The minimum absolute atomic E-state index is 0.0905. The summed E-state index contributed by atoms with van der Waals surface area (Å²) in [4.78, 5) is 4.95. The molecule has 0 saturated carbocycles. The summed E-state index contributed by atoms with van der Waals surface area (Å²) in [6, 6.07) is 16.7. The van der Waals surface area contributed by atoms with E-state index in [4.69, 9.17) is 9.73 Å². The van der Waals surface area contributed by atoms with Gasteiger partial charge in [0.2, 0.25) is 0 Å². The lowest BCUT2D eigenvalue weighted by Crippen LogP contribution is -2.28. The van der Waals surface area contributed by atoms with E-state index in [0.29, 0.717) is 0 Å². The fourth-order valence-electron chi connectivity index (χ4n) is 3.03. The van der Waals surface area contributed by atoms with Crippen molar-refractivity contribution >= 4 is 11.8 Å². The Kier molecular flexibility index (Phi) is 4.84. The van der Waals surface area contributed by atoms with Crippen molar-refractivity contribution in [1.29, 1.82) is 0 Å². The summed E-state index contributed by atoms with van der Waals surface area (Å²) in [7, 11) is 0. The first-order chi connectivity index (χ1) is 11.6. The number of allylic oxidation sites excluding steroid dienone is 1. The van der Waals surface area contributed by atoms with Crippen LogP contribution in [0.4, 0.5) is 0 Å². The van der Waals surface area contributed by atoms with Gasteiger partial charge in [-0.25, -0.2) is 0 Å². The zero-order chi connectivity index (χ0) is 17.0. The van der Waals surface area contributed by atoms with Gasteiger partial charge in [0.05, 0.1) is 17.9 Å². The molecule has 0 amide bonds. The zero-order valence-corrected chi connectivity index (χ0v) is 14.8. The van der Waals surface area contributed by atoms with Crippen LogP contribution in [0.1, 0.15) is 43.9 Å². The van der Waals surface area contributed by atoms with Crippen LogP contribution in [0.5, 0.6) is 5.75 Å². The summed E-state index contributed by atoms with van der Waals surface area (Å²) < 4.78 is 5.80. The molecule has 1 aliphatic rings. The normalized spacial score (nSPS) is 15.9. The van der Waals surface area contributed by atoms with Crippen LogP contribution in [0.3, 0.4) is 0 Å². The second kappa shape index (κ2) is 7.04. The molecule has 0 aliphatic carbocycles. The lowest BCUT2D eigenvalue weighted by atomic mass is 9.86. The maximum absolute atomic E-state index is 5.80. The topological polar surface area (TPSA) is 21.6 Å². The minimum Gasteiger partial charge on any atom is -0.494 e. The number of rotatable bonds is 5. The largest absolute Gasteiger partial charge is 0.494 e. The first kappa shape index (κ1) is 16.5. The predicted molar refractivity (Wildman–Crippen MR) is 102 cm³/mol. The molecule has 0 bridgehead atoms. The Morgan fingerprint density at radius 2 is 1.88 bits per heavy atom. The van der Waals surface area contributed by atoms with E-state index in [0.717, 1.165) is 30.9 Å². The monoisotopic (exact) mass is 319 g/mol. The van der Waals surface area contributed by atoms with Crippen molar-refractivity contribution in [2.75, 3.05) is 6.61 Å². The van der Waals surface area contributed by atoms with E-state index in [1.54, 1.807) is 0 Å². The van der Waals surface area contributed by atoms with Crippen molar-refractivity contribution < 1.29 is 4.74 Å². The fourth-order valence-corrected chi connectivity index (χ4v) is 3.03. The molecule has 0 saturated heterocycles. The van der Waals surface area contributed by atoms with E-state index in [2.05, 4.69) is 75.4 Å². The van der Waals surface area contributed by atoms with Crippen LogP contribution in [0.2, 0.25) is 0 Å². The van der Waals surface area contributed by atoms with Crippen LogP contribution in [-0.4, -0.2) is 17.9 Å². The lowest BCUT2D eigenvalue weighted by Gasteiger charge is -2.28. The Hall–Kier alpha value is -2.35. The Morgan fingerprint density at radius 3 is 2.62 bits per heavy atom. The van der Waals surface area contributed by atoms with Crippen LogP contribution in [0.25, 0.3) is 6.08 Å². The van der Waals surface area contributed by atoms with Crippen LogP contribution in [0.15, 0.2) is 59.6 Å². The standard InChI is InChI=1S/C22H25NO/c1-4-14-24-19-11-12-20-18(15-19)16-22(2,3)23-21(20)13-10-17-8-6-5-7-9-17/h5-13,15H,4,14,16H2,1-3H3. The third-order valence-corrected chi connectivity index (χ3v) is 4.10. The molecular formula is C22H25NO. The van der Waals surface area contributed by atoms with E-state index >= 15 is 0 Å². The minimum atomic E-state index is -0.0905. The number of nitrogens with zero attached hydrogens (tertiary/aromatic N) is 1. The third-order valence-electron chi connectivity index (χ3n) is 4.10. The molecule has 0 unspecified atom stereocenters. The zero-order valence-electron chi connectivity index (χ0n) is 14.8. The number of benzene rings is 2. The molecule has 124 valence electrons. The Balaban J connectivity index is 1.92. The van der Waals surface area contributed by atoms with Crippen LogP contribution in [0, 0.1) is 0 Å². The molecule has 0 fully saturated rings. The van der Waals surface area contributed by atoms with E-state index in [1.807, 2.05) is 6.07 Å². The summed E-state index contributed by atoms with van der Waals surface area (Å²) in [5.41, 5.74) is 4.68. The summed E-state index contributed by atoms with van der Waals surface area (Å²) in [6.45, 7) is 7.26. The smallest absolute Gasteiger partial charge is 0.119 e. The molecule has 3 rings (SSSR count). The van der Waals surface area contributed by atoms with Crippen molar-refractivity contribution in [2.45, 2.75) is 39.2 Å². The molecule has 2 aromatic rings. The van der Waals surface area contributed by atoms with Crippen LogP contribution < -0.4 is 4.74 Å². The van der Waals surface area contributed by atoms with Gasteiger partial charge in [-0.2, -0.15) is 0 Å². The highest BCUT2D eigenvalue weighted by atomic mass is 16.5. The van der Waals surface area contributed by atoms with Gasteiger partial charge >= 0.3 is 0 Å². The van der Waals surface area contributed by atoms with Crippen molar-refractivity contribution in [1.82, 2.24) is 0 Å². The van der Waals surface area contributed by atoms with Gasteiger partial charge in [-0.15, -0.1) is 0 Å². The van der Waals surface area contributed by atoms with Gasteiger partial charge in [-0.05, 0) is 62.1 Å². The quantitative estimate of drug-likeness (QED) is 0.731. The van der Waals surface area contributed by atoms with Crippen LogP contribution in [-0.2, 0) is 6.42 Å². The lowest BCUT2D eigenvalue weighted by molar-refractivity contribution is 0.317. The van der Waals surface area contributed by atoms with Gasteiger partial charge in [0, 0.05) is 5.56 Å². The molecule has 1 aliphatic heterocycles. The van der Waals surface area contributed by atoms with Crippen molar-refractivity contribution in [2.24, 2.45) is 4.99 Å². The second-order valence-corrected chi connectivity index (χ2v) is 6.90. The number of ether oxygens (including phenoxy) is 1.